The van der Waals surface area contributed by atoms with Gasteiger partial charge in [-0.25, -0.2) is 14.5 Å². The minimum atomic E-state index is -0.218. The number of hydrogen-bond acceptors (Lipinski definition) is 4. The molecule has 2 amide bonds. The van der Waals surface area contributed by atoms with Crippen LogP contribution in [0, 0.1) is 6.92 Å². The second-order valence-corrected chi connectivity index (χ2v) is 6.18. The number of amides is 2. The quantitative estimate of drug-likeness (QED) is 0.601. The van der Waals surface area contributed by atoms with Crippen LogP contribution < -0.4 is 15.4 Å². The third-order valence-electron chi connectivity index (χ3n) is 3.93. The van der Waals surface area contributed by atoms with Crippen LogP contribution >= 0.6 is 0 Å². The summed E-state index contributed by atoms with van der Waals surface area (Å²) in [7, 11) is 0. The normalized spacial score (nSPS) is 10.4. The zero-order valence-corrected chi connectivity index (χ0v) is 15.3. The number of carbonyl (C=O) groups excluding carboxylic acids is 1. The van der Waals surface area contributed by atoms with Crippen molar-refractivity contribution in [2.75, 3.05) is 13.2 Å². The fraction of sp³-hybridized carbons (Fsp3) is 0.250. The van der Waals surface area contributed by atoms with Gasteiger partial charge in [-0.1, -0.05) is 42.0 Å². The maximum atomic E-state index is 11.9. The van der Waals surface area contributed by atoms with Crippen LogP contribution in [0.4, 0.5) is 4.79 Å². The molecule has 0 aliphatic carbocycles. The minimum absolute atomic E-state index is 0.218. The van der Waals surface area contributed by atoms with Gasteiger partial charge in [-0.3, -0.25) is 0 Å². The lowest BCUT2D eigenvalue weighted by Crippen LogP contribution is -2.37. The lowest BCUT2D eigenvalue weighted by molar-refractivity contribution is 0.236. The molecule has 0 saturated heterocycles. The average Bonchev–Trinajstić information content (AvgIpc) is 3.18. The van der Waals surface area contributed by atoms with E-state index in [1.54, 1.807) is 11.0 Å². The van der Waals surface area contributed by atoms with Crippen molar-refractivity contribution in [3.05, 3.63) is 77.9 Å². The topological polar surface area (TPSA) is 81.1 Å². The Balaban J connectivity index is 1.36. The van der Waals surface area contributed by atoms with Gasteiger partial charge in [0, 0.05) is 6.54 Å². The van der Waals surface area contributed by atoms with Crippen LogP contribution in [0.1, 0.15) is 16.7 Å². The number of ether oxygens (including phenoxy) is 1. The Bertz CT molecular complexity index is 847. The Labute approximate surface area is 158 Å². The van der Waals surface area contributed by atoms with Gasteiger partial charge in [-0.2, -0.15) is 5.10 Å². The molecule has 3 rings (SSSR count). The van der Waals surface area contributed by atoms with Crippen LogP contribution in [0.5, 0.6) is 5.75 Å². The third-order valence-corrected chi connectivity index (χ3v) is 3.93. The predicted molar refractivity (Wildman–Crippen MR) is 102 cm³/mol. The standard InChI is InChI=1S/C20H23N5O2/c1-16-5-7-19(8-6-16)27-10-9-22-20(26)23-12-17-3-2-4-18(11-17)13-25-15-21-14-24-25/h2-8,11,14-15H,9-10,12-13H2,1H3,(H2,22,23,26). The van der Waals surface area contributed by atoms with Gasteiger partial charge in [0.05, 0.1) is 13.1 Å². The fourth-order valence-electron chi connectivity index (χ4n) is 2.55. The molecule has 2 N–H and O–H groups in total. The molecule has 0 spiro atoms. The Hall–Kier alpha value is -3.35. The number of nitrogens with one attached hydrogen (secondary N) is 2. The third kappa shape index (κ3) is 6.14. The second kappa shape index (κ2) is 9.38. The number of urea groups is 1. The van der Waals surface area contributed by atoms with Gasteiger partial charge in [0.15, 0.2) is 0 Å². The average molecular weight is 365 g/mol. The summed E-state index contributed by atoms with van der Waals surface area (Å²) in [5.74, 6) is 0.798. The Morgan fingerprint density at radius 1 is 1.11 bits per heavy atom. The van der Waals surface area contributed by atoms with Crippen LogP contribution in [0.2, 0.25) is 0 Å². The summed E-state index contributed by atoms with van der Waals surface area (Å²) < 4.78 is 7.34. The zero-order valence-electron chi connectivity index (χ0n) is 15.3. The van der Waals surface area contributed by atoms with E-state index in [1.165, 1.54) is 11.9 Å². The lowest BCUT2D eigenvalue weighted by Gasteiger charge is -2.10. The molecular weight excluding hydrogens is 342 g/mol. The summed E-state index contributed by atoms with van der Waals surface area (Å²) in [5.41, 5.74) is 3.32. The molecule has 0 saturated carbocycles. The molecule has 0 unspecified atom stereocenters. The minimum Gasteiger partial charge on any atom is -0.492 e. The fourth-order valence-corrected chi connectivity index (χ4v) is 2.55. The van der Waals surface area contributed by atoms with Gasteiger partial charge < -0.3 is 15.4 Å². The summed E-state index contributed by atoms with van der Waals surface area (Å²) in [5, 5.41) is 9.74. The molecule has 1 aromatic heterocycles. The number of aromatic nitrogens is 3. The van der Waals surface area contributed by atoms with Gasteiger partial charge in [0.25, 0.3) is 0 Å². The maximum Gasteiger partial charge on any atom is 0.315 e. The first-order valence-electron chi connectivity index (χ1n) is 8.80. The Kier molecular flexibility index (Phi) is 6.40. The number of aryl methyl sites for hydroxylation is 1. The van der Waals surface area contributed by atoms with Crippen molar-refractivity contribution in [1.82, 2.24) is 25.4 Å². The van der Waals surface area contributed by atoms with E-state index in [9.17, 15) is 4.79 Å². The van der Waals surface area contributed by atoms with Gasteiger partial charge in [-0.15, -0.1) is 0 Å². The first-order chi connectivity index (χ1) is 13.2. The molecular formula is C20H23N5O2. The molecule has 7 nitrogen and oxygen atoms in total. The van der Waals surface area contributed by atoms with E-state index in [0.29, 0.717) is 26.2 Å². The summed E-state index contributed by atoms with van der Waals surface area (Å²) in [6, 6.07) is 15.6. The van der Waals surface area contributed by atoms with Crippen molar-refractivity contribution in [3.63, 3.8) is 0 Å². The predicted octanol–water partition coefficient (Wildman–Crippen LogP) is 2.51. The monoisotopic (exact) mass is 365 g/mol. The van der Waals surface area contributed by atoms with Gasteiger partial charge >= 0.3 is 6.03 Å². The summed E-state index contributed by atoms with van der Waals surface area (Å²) >= 11 is 0. The summed E-state index contributed by atoms with van der Waals surface area (Å²) in [6.45, 7) is 3.99. The molecule has 0 aliphatic rings. The van der Waals surface area contributed by atoms with Crippen molar-refractivity contribution < 1.29 is 9.53 Å². The van der Waals surface area contributed by atoms with Crippen LogP contribution in [0.3, 0.4) is 0 Å². The molecule has 7 heteroatoms. The summed E-state index contributed by atoms with van der Waals surface area (Å²) in [6.07, 6.45) is 3.19. The lowest BCUT2D eigenvalue weighted by atomic mass is 10.1. The highest BCUT2D eigenvalue weighted by molar-refractivity contribution is 5.73. The van der Waals surface area contributed by atoms with Crippen molar-refractivity contribution >= 4 is 6.03 Å². The molecule has 0 fully saturated rings. The van der Waals surface area contributed by atoms with E-state index in [2.05, 4.69) is 20.7 Å². The molecule has 27 heavy (non-hydrogen) atoms. The van der Waals surface area contributed by atoms with E-state index in [0.717, 1.165) is 16.9 Å². The highest BCUT2D eigenvalue weighted by Gasteiger charge is 2.02. The van der Waals surface area contributed by atoms with E-state index in [1.807, 2.05) is 55.5 Å². The molecule has 0 radical (unpaired) electrons. The SMILES string of the molecule is Cc1ccc(OCCNC(=O)NCc2cccc(Cn3cncn3)c2)cc1. The molecule has 2 aromatic carbocycles. The van der Waals surface area contributed by atoms with E-state index in [4.69, 9.17) is 4.74 Å². The van der Waals surface area contributed by atoms with E-state index >= 15 is 0 Å². The molecule has 0 bridgehead atoms. The maximum absolute atomic E-state index is 11.9. The largest absolute Gasteiger partial charge is 0.492 e. The Morgan fingerprint density at radius 2 is 1.93 bits per heavy atom. The number of nitrogens with zero attached hydrogens (tertiary/aromatic N) is 3. The van der Waals surface area contributed by atoms with Crippen LogP contribution in [0.15, 0.2) is 61.2 Å². The van der Waals surface area contributed by atoms with E-state index < -0.39 is 0 Å². The molecule has 140 valence electrons. The first-order valence-corrected chi connectivity index (χ1v) is 8.80. The first kappa shape index (κ1) is 18.4. The number of carbonyl (C=O) groups is 1. The Morgan fingerprint density at radius 3 is 2.70 bits per heavy atom. The second-order valence-electron chi connectivity index (χ2n) is 6.18. The zero-order chi connectivity index (χ0) is 18.9. The highest BCUT2D eigenvalue weighted by Crippen LogP contribution is 2.10. The van der Waals surface area contributed by atoms with Crippen molar-refractivity contribution in [3.8, 4) is 5.75 Å². The van der Waals surface area contributed by atoms with Gasteiger partial charge in [0.2, 0.25) is 0 Å². The number of hydrogen-bond donors (Lipinski definition) is 2. The molecule has 0 atom stereocenters. The van der Waals surface area contributed by atoms with Crippen molar-refractivity contribution in [2.45, 2.75) is 20.0 Å². The van der Waals surface area contributed by atoms with Crippen LogP contribution in [-0.2, 0) is 13.1 Å². The molecule has 0 aliphatic heterocycles. The van der Waals surface area contributed by atoms with Crippen molar-refractivity contribution in [2.24, 2.45) is 0 Å². The molecule has 1 heterocycles. The van der Waals surface area contributed by atoms with Gasteiger partial charge in [0.1, 0.15) is 25.0 Å². The number of benzene rings is 2. The summed E-state index contributed by atoms with van der Waals surface area (Å²) in [4.78, 5) is 15.8. The number of rotatable bonds is 8. The van der Waals surface area contributed by atoms with Crippen LogP contribution in [0.25, 0.3) is 0 Å². The highest BCUT2D eigenvalue weighted by atomic mass is 16.5. The smallest absolute Gasteiger partial charge is 0.315 e. The molecule has 3 aromatic rings. The van der Waals surface area contributed by atoms with Gasteiger partial charge in [-0.05, 0) is 30.2 Å². The van der Waals surface area contributed by atoms with E-state index in [-0.39, 0.29) is 6.03 Å². The van der Waals surface area contributed by atoms with Crippen LogP contribution in [-0.4, -0.2) is 33.9 Å². The van der Waals surface area contributed by atoms with Crippen molar-refractivity contribution in [1.29, 1.82) is 0 Å².